The third kappa shape index (κ3) is 3.04. The zero-order chi connectivity index (χ0) is 15.5. The summed E-state index contributed by atoms with van der Waals surface area (Å²) < 4.78 is 5.71. The van der Waals surface area contributed by atoms with Crippen molar-refractivity contribution >= 4 is 11.7 Å². The molecule has 2 aromatic heterocycles. The molecule has 0 saturated carbocycles. The molecule has 0 aromatic carbocycles. The van der Waals surface area contributed by atoms with Gasteiger partial charge in [-0.15, -0.1) is 0 Å². The topological polar surface area (TPSA) is 94.2 Å². The Kier molecular flexibility index (Phi) is 3.97. The molecule has 1 fully saturated rings. The molecule has 114 valence electrons. The van der Waals surface area contributed by atoms with E-state index in [-0.39, 0.29) is 12.0 Å². The number of ether oxygens (including phenoxy) is 1. The molecule has 0 bridgehead atoms. The molecule has 3 rings (SSSR count). The van der Waals surface area contributed by atoms with Gasteiger partial charge in [-0.2, -0.15) is 0 Å². The Labute approximate surface area is 128 Å². The SMILES string of the molecule is Cc1nccc(C(=O)N2CCO[C@@H](c3cccc(N)n3)C2)n1. The maximum atomic E-state index is 12.5. The molecule has 0 radical (unpaired) electrons. The lowest BCUT2D eigenvalue weighted by molar-refractivity contribution is -0.0248. The monoisotopic (exact) mass is 299 g/mol. The zero-order valence-electron chi connectivity index (χ0n) is 12.3. The Morgan fingerprint density at radius 2 is 2.23 bits per heavy atom. The normalized spacial score (nSPS) is 18.2. The van der Waals surface area contributed by atoms with Crippen molar-refractivity contribution in [2.45, 2.75) is 13.0 Å². The van der Waals surface area contributed by atoms with Gasteiger partial charge in [-0.1, -0.05) is 6.07 Å². The number of nitrogens with two attached hydrogens (primary N) is 1. The van der Waals surface area contributed by atoms with Crippen LogP contribution in [0.4, 0.5) is 5.82 Å². The highest BCUT2D eigenvalue weighted by molar-refractivity contribution is 5.92. The second kappa shape index (κ2) is 6.07. The molecule has 3 heterocycles. The highest BCUT2D eigenvalue weighted by atomic mass is 16.5. The van der Waals surface area contributed by atoms with Crippen molar-refractivity contribution in [3.05, 3.63) is 47.7 Å². The minimum Gasteiger partial charge on any atom is -0.384 e. The van der Waals surface area contributed by atoms with Crippen LogP contribution in [0.1, 0.15) is 28.1 Å². The summed E-state index contributed by atoms with van der Waals surface area (Å²) in [5, 5.41) is 0. The van der Waals surface area contributed by atoms with Gasteiger partial charge in [0.15, 0.2) is 0 Å². The summed E-state index contributed by atoms with van der Waals surface area (Å²) in [6.45, 7) is 3.17. The summed E-state index contributed by atoms with van der Waals surface area (Å²) in [4.78, 5) is 26.7. The number of pyridine rings is 1. The van der Waals surface area contributed by atoms with Crippen LogP contribution in [-0.4, -0.2) is 45.5 Å². The summed E-state index contributed by atoms with van der Waals surface area (Å²) in [6, 6.07) is 7.02. The number of nitrogens with zero attached hydrogens (tertiary/aromatic N) is 4. The van der Waals surface area contributed by atoms with Crippen molar-refractivity contribution in [1.82, 2.24) is 19.9 Å². The van der Waals surface area contributed by atoms with Gasteiger partial charge in [0.05, 0.1) is 18.8 Å². The van der Waals surface area contributed by atoms with Crippen molar-refractivity contribution < 1.29 is 9.53 Å². The van der Waals surface area contributed by atoms with Crippen molar-refractivity contribution in [1.29, 1.82) is 0 Å². The Morgan fingerprint density at radius 1 is 1.36 bits per heavy atom. The van der Waals surface area contributed by atoms with Crippen molar-refractivity contribution in [3.8, 4) is 0 Å². The lowest BCUT2D eigenvalue weighted by Crippen LogP contribution is -2.42. The van der Waals surface area contributed by atoms with Gasteiger partial charge < -0.3 is 15.4 Å². The average Bonchev–Trinajstić information content (AvgIpc) is 2.54. The maximum Gasteiger partial charge on any atom is 0.272 e. The predicted octanol–water partition coefficient (Wildman–Crippen LogP) is 0.976. The van der Waals surface area contributed by atoms with E-state index < -0.39 is 0 Å². The molecule has 0 aliphatic carbocycles. The van der Waals surface area contributed by atoms with E-state index in [1.54, 1.807) is 30.2 Å². The first-order valence-electron chi connectivity index (χ1n) is 7.06. The number of morpholine rings is 1. The highest BCUT2D eigenvalue weighted by Crippen LogP contribution is 2.22. The molecule has 1 amide bonds. The summed E-state index contributed by atoms with van der Waals surface area (Å²) in [7, 11) is 0. The van der Waals surface area contributed by atoms with Crippen LogP contribution in [0, 0.1) is 6.92 Å². The van der Waals surface area contributed by atoms with E-state index in [0.717, 1.165) is 5.69 Å². The van der Waals surface area contributed by atoms with E-state index in [4.69, 9.17) is 10.5 Å². The van der Waals surface area contributed by atoms with Crippen LogP contribution in [0.5, 0.6) is 0 Å². The Bertz CT molecular complexity index is 691. The second-order valence-corrected chi connectivity index (χ2v) is 5.09. The smallest absolute Gasteiger partial charge is 0.272 e. The van der Waals surface area contributed by atoms with Crippen LogP contribution in [0.15, 0.2) is 30.5 Å². The molecular formula is C15H17N5O2. The molecule has 1 atom stereocenters. The number of nitrogen functional groups attached to an aromatic ring is 1. The third-order valence-corrected chi connectivity index (χ3v) is 3.47. The Balaban J connectivity index is 1.77. The quantitative estimate of drug-likeness (QED) is 0.888. The Morgan fingerprint density at radius 3 is 3.00 bits per heavy atom. The molecule has 1 aliphatic rings. The molecule has 0 unspecified atom stereocenters. The molecule has 2 aromatic rings. The average molecular weight is 299 g/mol. The van der Waals surface area contributed by atoms with Gasteiger partial charge in [-0.25, -0.2) is 15.0 Å². The maximum absolute atomic E-state index is 12.5. The van der Waals surface area contributed by atoms with Gasteiger partial charge in [0.2, 0.25) is 0 Å². The van der Waals surface area contributed by atoms with Crippen LogP contribution in [-0.2, 0) is 4.74 Å². The van der Waals surface area contributed by atoms with Gasteiger partial charge >= 0.3 is 0 Å². The fraction of sp³-hybridized carbons (Fsp3) is 0.333. The number of aromatic nitrogens is 3. The molecule has 7 heteroatoms. The van der Waals surface area contributed by atoms with Gasteiger partial charge in [-0.3, -0.25) is 4.79 Å². The fourth-order valence-electron chi connectivity index (χ4n) is 2.40. The van der Waals surface area contributed by atoms with Crippen molar-refractivity contribution in [2.24, 2.45) is 0 Å². The molecule has 1 aliphatic heterocycles. The van der Waals surface area contributed by atoms with Gasteiger partial charge in [0.1, 0.15) is 23.4 Å². The van der Waals surface area contributed by atoms with E-state index in [0.29, 0.717) is 37.0 Å². The van der Waals surface area contributed by atoms with E-state index >= 15 is 0 Å². The predicted molar refractivity (Wildman–Crippen MR) is 80.0 cm³/mol. The highest BCUT2D eigenvalue weighted by Gasteiger charge is 2.27. The van der Waals surface area contributed by atoms with Crippen molar-refractivity contribution in [3.63, 3.8) is 0 Å². The molecular weight excluding hydrogens is 282 g/mol. The summed E-state index contributed by atoms with van der Waals surface area (Å²) in [5.74, 6) is 0.895. The summed E-state index contributed by atoms with van der Waals surface area (Å²) in [5.41, 5.74) is 6.83. The zero-order valence-corrected chi connectivity index (χ0v) is 12.3. The number of hydrogen-bond acceptors (Lipinski definition) is 6. The van der Waals surface area contributed by atoms with E-state index in [9.17, 15) is 4.79 Å². The largest absolute Gasteiger partial charge is 0.384 e. The van der Waals surface area contributed by atoms with Crippen LogP contribution < -0.4 is 5.73 Å². The molecule has 1 saturated heterocycles. The number of hydrogen-bond donors (Lipinski definition) is 1. The lowest BCUT2D eigenvalue weighted by Gasteiger charge is -2.32. The lowest BCUT2D eigenvalue weighted by atomic mass is 10.1. The Hall–Kier alpha value is -2.54. The number of anilines is 1. The van der Waals surface area contributed by atoms with E-state index in [1.807, 2.05) is 12.1 Å². The van der Waals surface area contributed by atoms with Crippen molar-refractivity contribution in [2.75, 3.05) is 25.4 Å². The van der Waals surface area contributed by atoms with E-state index in [2.05, 4.69) is 15.0 Å². The van der Waals surface area contributed by atoms with E-state index in [1.165, 1.54) is 0 Å². The molecule has 22 heavy (non-hydrogen) atoms. The molecule has 2 N–H and O–H groups in total. The first-order chi connectivity index (χ1) is 10.6. The number of carbonyl (C=O) groups excluding carboxylic acids is 1. The number of rotatable bonds is 2. The number of aryl methyl sites for hydroxylation is 1. The molecule has 7 nitrogen and oxygen atoms in total. The van der Waals surface area contributed by atoms with Gasteiger partial charge in [0.25, 0.3) is 5.91 Å². The van der Waals surface area contributed by atoms with Crippen LogP contribution in [0.2, 0.25) is 0 Å². The number of carbonyl (C=O) groups is 1. The van der Waals surface area contributed by atoms with Crippen LogP contribution in [0.25, 0.3) is 0 Å². The summed E-state index contributed by atoms with van der Waals surface area (Å²) >= 11 is 0. The fourth-order valence-corrected chi connectivity index (χ4v) is 2.40. The third-order valence-electron chi connectivity index (χ3n) is 3.47. The number of amides is 1. The first kappa shape index (κ1) is 14.4. The minimum atomic E-state index is -0.274. The second-order valence-electron chi connectivity index (χ2n) is 5.09. The van der Waals surface area contributed by atoms with Crippen LogP contribution in [0.3, 0.4) is 0 Å². The standard InChI is InChI=1S/C15H17N5O2/c1-10-17-6-5-12(18-10)15(21)20-7-8-22-13(9-20)11-3-2-4-14(16)19-11/h2-6,13H,7-9H2,1H3,(H2,16,19)/t13-/m1/s1. The van der Waals surface area contributed by atoms with Crippen LogP contribution >= 0.6 is 0 Å². The minimum absolute atomic E-state index is 0.122. The first-order valence-corrected chi connectivity index (χ1v) is 7.06. The molecule has 0 spiro atoms. The van der Waals surface area contributed by atoms with Gasteiger partial charge in [-0.05, 0) is 25.1 Å². The summed E-state index contributed by atoms with van der Waals surface area (Å²) in [6.07, 6.45) is 1.32. The van der Waals surface area contributed by atoms with Gasteiger partial charge in [0, 0.05) is 12.7 Å².